The van der Waals surface area contributed by atoms with E-state index in [9.17, 15) is 9.59 Å². The van der Waals surface area contributed by atoms with Crippen LogP contribution < -0.4 is 0 Å². The van der Waals surface area contributed by atoms with E-state index in [0.29, 0.717) is 24.8 Å². The summed E-state index contributed by atoms with van der Waals surface area (Å²) in [6.45, 7) is 5.75. The van der Waals surface area contributed by atoms with Crippen LogP contribution in [0.4, 0.5) is 0 Å². The van der Waals surface area contributed by atoms with Crippen molar-refractivity contribution >= 4 is 12.3 Å². The lowest BCUT2D eigenvalue weighted by Crippen LogP contribution is -2.33. The predicted molar refractivity (Wildman–Crippen MR) is 84.5 cm³/mol. The zero-order chi connectivity index (χ0) is 17.1. The first-order chi connectivity index (χ1) is 10.5. The normalized spacial score (nSPS) is 20.5. The fraction of sp³-hybridized carbons (Fsp3) is 0.625. The maximum Gasteiger partial charge on any atom is 0.251 e. The first kappa shape index (κ1) is 20.2. The number of nitrogens with zero attached hydrogens (tertiary/aromatic N) is 2. The monoisotopic (exact) mass is 310 g/mol. The Kier molecular flexibility index (Phi) is 9.92. The van der Waals surface area contributed by atoms with Gasteiger partial charge in [-0.25, -0.2) is 0 Å². The van der Waals surface area contributed by atoms with Gasteiger partial charge in [-0.05, 0) is 19.8 Å². The Bertz CT molecular complexity index is 428. The average molecular weight is 310 g/mol. The van der Waals surface area contributed by atoms with Crippen molar-refractivity contribution in [3.05, 3.63) is 11.8 Å². The van der Waals surface area contributed by atoms with E-state index >= 15 is 0 Å². The Morgan fingerprint density at radius 3 is 2.55 bits per heavy atom. The van der Waals surface area contributed by atoms with Gasteiger partial charge in [0.1, 0.15) is 6.23 Å². The molecule has 0 bridgehead atoms. The molecule has 2 amide bonds. The number of amides is 2. The van der Waals surface area contributed by atoms with Crippen molar-refractivity contribution in [1.82, 2.24) is 9.80 Å². The van der Waals surface area contributed by atoms with Crippen molar-refractivity contribution in [3.8, 4) is 12.3 Å². The van der Waals surface area contributed by atoms with Gasteiger partial charge < -0.3 is 14.7 Å². The van der Waals surface area contributed by atoms with Crippen molar-refractivity contribution in [2.75, 3.05) is 20.2 Å². The Hall–Kier alpha value is -1.84. The van der Waals surface area contributed by atoms with Crippen molar-refractivity contribution < 1.29 is 19.4 Å². The van der Waals surface area contributed by atoms with Gasteiger partial charge >= 0.3 is 0 Å². The zero-order valence-electron chi connectivity index (χ0n) is 13.8. The van der Waals surface area contributed by atoms with Crippen LogP contribution in [0.2, 0.25) is 0 Å². The Labute approximate surface area is 132 Å². The van der Waals surface area contributed by atoms with Crippen LogP contribution in [-0.2, 0) is 14.3 Å². The van der Waals surface area contributed by atoms with Crippen LogP contribution in [0.15, 0.2) is 11.8 Å². The number of ether oxygens (including phenoxy) is 1. The van der Waals surface area contributed by atoms with Gasteiger partial charge in [-0.2, -0.15) is 0 Å². The SMILES string of the molecule is C#CCN(C)C(=O)/C(C)=C\N(C=O)C1CCC(CO)O1.CC. The molecule has 1 aliphatic heterocycles. The van der Waals surface area contributed by atoms with Crippen LogP contribution in [0.25, 0.3) is 0 Å². The number of carbonyl (C=O) groups is 2. The van der Waals surface area contributed by atoms with Gasteiger partial charge in [-0.1, -0.05) is 19.8 Å². The van der Waals surface area contributed by atoms with Gasteiger partial charge in [0.15, 0.2) is 0 Å². The smallest absolute Gasteiger partial charge is 0.251 e. The first-order valence-corrected chi connectivity index (χ1v) is 7.39. The lowest BCUT2D eigenvalue weighted by atomic mass is 10.2. The lowest BCUT2D eigenvalue weighted by molar-refractivity contribution is -0.127. The zero-order valence-corrected chi connectivity index (χ0v) is 13.8. The van der Waals surface area contributed by atoms with E-state index in [2.05, 4.69) is 5.92 Å². The van der Waals surface area contributed by atoms with Gasteiger partial charge in [0, 0.05) is 18.8 Å². The molecule has 22 heavy (non-hydrogen) atoms. The minimum absolute atomic E-state index is 0.0737. The molecule has 6 heteroatoms. The summed E-state index contributed by atoms with van der Waals surface area (Å²) in [5, 5.41) is 9.01. The molecule has 1 rings (SSSR count). The van der Waals surface area contributed by atoms with Gasteiger partial charge in [0.05, 0.1) is 19.3 Å². The number of hydrogen-bond donors (Lipinski definition) is 1. The molecule has 1 fully saturated rings. The number of terminal acetylenes is 1. The molecule has 0 aromatic rings. The van der Waals surface area contributed by atoms with Crippen molar-refractivity contribution in [2.45, 2.75) is 45.9 Å². The van der Waals surface area contributed by atoms with Gasteiger partial charge in [0.2, 0.25) is 6.41 Å². The second-order valence-corrected chi connectivity index (χ2v) is 4.70. The molecule has 124 valence electrons. The molecular weight excluding hydrogens is 284 g/mol. The van der Waals surface area contributed by atoms with Crippen LogP contribution in [0.1, 0.15) is 33.6 Å². The summed E-state index contributed by atoms with van der Waals surface area (Å²) in [4.78, 5) is 25.8. The molecule has 1 heterocycles. The predicted octanol–water partition coefficient (Wildman–Crippen LogP) is 0.964. The van der Waals surface area contributed by atoms with Crippen LogP contribution in [0, 0.1) is 12.3 Å². The summed E-state index contributed by atoms with van der Waals surface area (Å²) >= 11 is 0. The average Bonchev–Trinajstić information content (AvgIpc) is 3.02. The Morgan fingerprint density at radius 1 is 1.45 bits per heavy atom. The Morgan fingerprint density at radius 2 is 2.09 bits per heavy atom. The third-order valence-electron chi connectivity index (χ3n) is 3.10. The quantitative estimate of drug-likeness (QED) is 0.451. The third kappa shape index (κ3) is 5.88. The van der Waals surface area contributed by atoms with Crippen LogP contribution >= 0.6 is 0 Å². The molecule has 0 aromatic carbocycles. The third-order valence-corrected chi connectivity index (χ3v) is 3.10. The maximum atomic E-state index is 12.0. The standard InChI is InChI=1S/C14H20N2O4.C2H6/c1-4-7-15(3)14(19)11(2)8-16(10-18)13-6-5-12(9-17)20-13;1-2/h1,8,10,12-13,17H,5-7,9H2,2-3H3;1-2H3/b11-8-;. The van der Waals surface area contributed by atoms with E-state index in [1.54, 1.807) is 14.0 Å². The number of hydrogen-bond acceptors (Lipinski definition) is 4. The fourth-order valence-corrected chi connectivity index (χ4v) is 2.01. The molecule has 0 spiro atoms. The Balaban J connectivity index is 0.00000211. The second kappa shape index (κ2) is 10.8. The highest BCUT2D eigenvalue weighted by Gasteiger charge is 2.28. The molecule has 0 aliphatic carbocycles. The van der Waals surface area contributed by atoms with Gasteiger partial charge in [0.25, 0.3) is 5.91 Å². The highest BCUT2D eigenvalue weighted by atomic mass is 16.5. The largest absolute Gasteiger partial charge is 0.394 e. The van der Waals surface area contributed by atoms with E-state index in [-0.39, 0.29) is 25.2 Å². The molecule has 0 saturated carbocycles. The number of rotatable bonds is 6. The number of aliphatic hydroxyl groups excluding tert-OH is 1. The summed E-state index contributed by atoms with van der Waals surface area (Å²) in [7, 11) is 1.60. The molecule has 0 aromatic heterocycles. The summed E-state index contributed by atoms with van der Waals surface area (Å²) < 4.78 is 5.50. The topological polar surface area (TPSA) is 70.1 Å². The van der Waals surface area contributed by atoms with E-state index in [1.165, 1.54) is 16.0 Å². The van der Waals surface area contributed by atoms with Crippen LogP contribution in [0.5, 0.6) is 0 Å². The summed E-state index contributed by atoms with van der Waals surface area (Å²) in [6.07, 6.45) is 7.83. The summed E-state index contributed by atoms with van der Waals surface area (Å²) in [6, 6.07) is 0. The molecule has 2 atom stereocenters. The molecule has 1 N–H and O–H groups in total. The van der Waals surface area contributed by atoms with Crippen molar-refractivity contribution in [1.29, 1.82) is 0 Å². The number of likely N-dealkylation sites (N-methyl/N-ethyl adjacent to an activating group) is 1. The van der Waals surface area contributed by atoms with Crippen molar-refractivity contribution in [2.24, 2.45) is 0 Å². The van der Waals surface area contributed by atoms with Gasteiger partial charge in [-0.15, -0.1) is 6.42 Å². The van der Waals surface area contributed by atoms with E-state index in [0.717, 1.165) is 0 Å². The van der Waals surface area contributed by atoms with Crippen molar-refractivity contribution in [3.63, 3.8) is 0 Å². The summed E-state index contributed by atoms with van der Waals surface area (Å²) in [5.74, 6) is 2.14. The maximum absolute atomic E-state index is 12.0. The van der Waals surface area contributed by atoms with Crippen LogP contribution in [0.3, 0.4) is 0 Å². The molecule has 0 radical (unpaired) electrons. The molecule has 2 unspecified atom stereocenters. The molecular formula is C16H26N2O4. The highest BCUT2D eigenvalue weighted by Crippen LogP contribution is 2.22. The van der Waals surface area contributed by atoms with Crippen LogP contribution in [-0.4, -0.2) is 59.8 Å². The second-order valence-electron chi connectivity index (χ2n) is 4.70. The number of aliphatic hydroxyl groups is 1. The molecule has 6 nitrogen and oxygen atoms in total. The van der Waals surface area contributed by atoms with E-state index in [4.69, 9.17) is 16.3 Å². The van der Waals surface area contributed by atoms with E-state index < -0.39 is 6.23 Å². The minimum Gasteiger partial charge on any atom is -0.394 e. The summed E-state index contributed by atoms with van der Waals surface area (Å²) in [5.41, 5.74) is 0.394. The minimum atomic E-state index is -0.440. The van der Waals surface area contributed by atoms with Gasteiger partial charge in [-0.3, -0.25) is 14.5 Å². The first-order valence-electron chi connectivity index (χ1n) is 7.39. The highest BCUT2D eigenvalue weighted by molar-refractivity contribution is 5.92. The fourth-order valence-electron chi connectivity index (χ4n) is 2.01. The molecule has 1 aliphatic rings. The number of carbonyl (C=O) groups excluding carboxylic acids is 2. The van der Waals surface area contributed by atoms with E-state index in [1.807, 2.05) is 13.8 Å². The molecule has 1 saturated heterocycles. The lowest BCUT2D eigenvalue weighted by Gasteiger charge is -2.22.